The Kier molecular flexibility index (Phi) is 4.43. The maximum Gasteiger partial charge on any atom is 0.336 e. The number of likely N-dealkylation sites (tertiary alicyclic amines) is 1. The van der Waals surface area contributed by atoms with E-state index in [9.17, 15) is 9.59 Å². The topological polar surface area (TPSA) is 102 Å². The molecule has 9 nitrogen and oxygen atoms in total. The molecule has 1 N–H and O–H groups in total. The number of cyclic esters (lactones) is 1. The summed E-state index contributed by atoms with van der Waals surface area (Å²) in [4.78, 5) is 26.8. The van der Waals surface area contributed by atoms with Gasteiger partial charge in [0.2, 0.25) is 5.91 Å². The van der Waals surface area contributed by atoms with Crippen LogP contribution in [-0.4, -0.2) is 56.2 Å². The van der Waals surface area contributed by atoms with Crippen LogP contribution in [0.2, 0.25) is 0 Å². The van der Waals surface area contributed by atoms with Crippen LogP contribution in [0.3, 0.4) is 0 Å². The lowest BCUT2D eigenvalue weighted by atomic mass is 9.71. The van der Waals surface area contributed by atoms with Gasteiger partial charge in [-0.1, -0.05) is 12.1 Å². The molecule has 9 heteroatoms. The van der Waals surface area contributed by atoms with Crippen molar-refractivity contribution >= 4 is 11.9 Å². The fraction of sp³-hybridized carbons (Fsp3) is 0.522. The maximum absolute atomic E-state index is 13.3. The van der Waals surface area contributed by atoms with Crippen molar-refractivity contribution in [3.8, 4) is 11.4 Å². The van der Waals surface area contributed by atoms with E-state index in [0.29, 0.717) is 18.2 Å². The summed E-state index contributed by atoms with van der Waals surface area (Å²) in [6.45, 7) is 4.19. The van der Waals surface area contributed by atoms with Crippen molar-refractivity contribution in [2.24, 2.45) is 5.41 Å². The van der Waals surface area contributed by atoms with Crippen molar-refractivity contribution in [2.75, 3.05) is 13.2 Å². The van der Waals surface area contributed by atoms with Crippen LogP contribution in [0.1, 0.15) is 50.2 Å². The number of nitrogens with zero attached hydrogens (tertiary/aromatic N) is 5. The van der Waals surface area contributed by atoms with Gasteiger partial charge in [-0.3, -0.25) is 4.79 Å². The number of carbonyl (C=O) groups is 2. The Morgan fingerprint density at radius 3 is 2.84 bits per heavy atom. The molecule has 1 aliphatic carbocycles. The summed E-state index contributed by atoms with van der Waals surface area (Å²) in [7, 11) is 0. The zero-order valence-corrected chi connectivity index (χ0v) is 18.1. The largest absolute Gasteiger partial charge is 0.456 e. The first-order valence-electron chi connectivity index (χ1n) is 11.3. The monoisotopic (exact) mass is 434 g/mol. The van der Waals surface area contributed by atoms with Crippen molar-refractivity contribution in [3.05, 3.63) is 40.6 Å². The molecule has 1 saturated carbocycles. The lowest BCUT2D eigenvalue weighted by Crippen LogP contribution is -2.42. The van der Waals surface area contributed by atoms with E-state index in [2.05, 4.69) is 39.0 Å². The predicted octanol–water partition coefficient (Wildman–Crippen LogP) is 1.78. The standard InChI is InChI=1S/C23H26N6O3/c1-14-19(13-32-21(14)30)28-9-8-23(22(28)31)6-4-17(5-7-23)24-11-15-2-3-16-12-29-20(18(16)10-15)25-26-27-29/h2-3,10,17,24H,4-9,11-13H2,1H3. The lowest BCUT2D eigenvalue weighted by Gasteiger charge is -2.36. The van der Waals surface area contributed by atoms with Gasteiger partial charge in [0.25, 0.3) is 0 Å². The molecular formula is C23H26N6O3. The smallest absolute Gasteiger partial charge is 0.336 e. The van der Waals surface area contributed by atoms with Crippen molar-refractivity contribution < 1.29 is 14.3 Å². The fourth-order valence-corrected chi connectivity index (χ4v) is 5.67. The predicted molar refractivity (Wildman–Crippen MR) is 114 cm³/mol. The zero-order valence-electron chi connectivity index (χ0n) is 18.1. The molecule has 3 aliphatic heterocycles. The van der Waals surface area contributed by atoms with E-state index in [0.717, 1.165) is 62.3 Å². The molecule has 1 saturated heterocycles. The summed E-state index contributed by atoms with van der Waals surface area (Å²) in [5, 5.41) is 15.6. The molecule has 4 aliphatic rings. The molecule has 1 aromatic heterocycles. The van der Waals surface area contributed by atoms with Gasteiger partial charge in [0.05, 0.1) is 23.2 Å². The molecule has 1 aromatic carbocycles. The number of ether oxygens (including phenoxy) is 1. The molecular weight excluding hydrogens is 408 g/mol. The van der Waals surface area contributed by atoms with Crippen LogP contribution in [0.15, 0.2) is 29.5 Å². The Hall–Kier alpha value is -3.07. The molecule has 0 radical (unpaired) electrons. The third kappa shape index (κ3) is 2.98. The van der Waals surface area contributed by atoms with Crippen LogP contribution in [0.5, 0.6) is 0 Å². The van der Waals surface area contributed by atoms with Crippen LogP contribution in [0.25, 0.3) is 11.4 Å². The highest BCUT2D eigenvalue weighted by Gasteiger charge is 2.50. The van der Waals surface area contributed by atoms with E-state index in [1.807, 2.05) is 9.58 Å². The molecule has 1 spiro atoms. The van der Waals surface area contributed by atoms with E-state index >= 15 is 0 Å². The van der Waals surface area contributed by atoms with Crippen LogP contribution >= 0.6 is 0 Å². The third-order valence-electron chi connectivity index (χ3n) is 7.72. The van der Waals surface area contributed by atoms with Gasteiger partial charge in [0.15, 0.2) is 5.82 Å². The number of aromatic nitrogens is 4. The number of hydrogen-bond donors (Lipinski definition) is 1. The lowest BCUT2D eigenvalue weighted by molar-refractivity contribution is -0.138. The molecule has 2 fully saturated rings. The summed E-state index contributed by atoms with van der Waals surface area (Å²) in [5.74, 6) is 0.718. The van der Waals surface area contributed by atoms with Crippen LogP contribution < -0.4 is 5.32 Å². The molecule has 0 atom stereocenters. The van der Waals surface area contributed by atoms with Crippen LogP contribution in [0, 0.1) is 5.41 Å². The summed E-state index contributed by atoms with van der Waals surface area (Å²) < 4.78 is 6.95. The second-order valence-electron chi connectivity index (χ2n) is 9.44. The number of amides is 1. The summed E-state index contributed by atoms with van der Waals surface area (Å²) in [6.07, 6.45) is 4.61. The van der Waals surface area contributed by atoms with Crippen molar-refractivity contribution in [1.29, 1.82) is 0 Å². The van der Waals surface area contributed by atoms with E-state index in [1.165, 1.54) is 11.1 Å². The second kappa shape index (κ2) is 7.23. The van der Waals surface area contributed by atoms with Crippen molar-refractivity contribution in [1.82, 2.24) is 30.4 Å². The minimum Gasteiger partial charge on any atom is -0.456 e. The first-order chi connectivity index (χ1) is 15.5. The SMILES string of the molecule is CC1=C(N2CCC3(CCC(NCc4ccc5c(c4)-c4nnnn4C5)CC3)C2=O)COC1=O. The fourth-order valence-electron chi connectivity index (χ4n) is 5.67. The molecule has 0 bridgehead atoms. The number of tetrazole rings is 1. The molecule has 0 unspecified atom stereocenters. The van der Waals surface area contributed by atoms with Crippen LogP contribution in [-0.2, 0) is 27.4 Å². The highest BCUT2D eigenvalue weighted by Crippen LogP contribution is 2.46. The average molecular weight is 435 g/mol. The molecule has 1 amide bonds. The average Bonchev–Trinajstić information content (AvgIpc) is 3.55. The zero-order chi connectivity index (χ0) is 21.9. The van der Waals surface area contributed by atoms with E-state index in [1.54, 1.807) is 6.92 Å². The summed E-state index contributed by atoms with van der Waals surface area (Å²) in [5.41, 5.74) is 4.63. The van der Waals surface area contributed by atoms with Gasteiger partial charge >= 0.3 is 5.97 Å². The van der Waals surface area contributed by atoms with Crippen LogP contribution in [0.4, 0.5) is 0 Å². The molecule has 166 valence electrons. The highest BCUT2D eigenvalue weighted by molar-refractivity contribution is 5.94. The number of esters is 1. The number of hydrogen-bond acceptors (Lipinski definition) is 7. The summed E-state index contributed by atoms with van der Waals surface area (Å²) in [6, 6.07) is 6.90. The highest BCUT2D eigenvalue weighted by atomic mass is 16.5. The van der Waals surface area contributed by atoms with Crippen molar-refractivity contribution in [3.63, 3.8) is 0 Å². The number of fused-ring (bicyclic) bond motifs is 3. The molecule has 2 aromatic rings. The molecule has 32 heavy (non-hydrogen) atoms. The quantitative estimate of drug-likeness (QED) is 0.625. The van der Waals surface area contributed by atoms with Gasteiger partial charge in [-0.2, -0.15) is 0 Å². The molecule has 6 rings (SSSR count). The normalized spacial score (nSPS) is 26.8. The first-order valence-corrected chi connectivity index (χ1v) is 11.3. The van der Waals surface area contributed by atoms with Gasteiger partial charge in [-0.15, -0.1) is 5.10 Å². The number of nitrogens with one attached hydrogen (secondary N) is 1. The van der Waals surface area contributed by atoms with Gasteiger partial charge in [0, 0.05) is 24.7 Å². The van der Waals surface area contributed by atoms with Gasteiger partial charge in [-0.05, 0) is 66.6 Å². The summed E-state index contributed by atoms with van der Waals surface area (Å²) >= 11 is 0. The van der Waals surface area contributed by atoms with E-state index in [-0.39, 0.29) is 23.9 Å². The Labute approximate surface area is 185 Å². The Balaban J connectivity index is 1.07. The minimum absolute atomic E-state index is 0.181. The first kappa shape index (κ1) is 19.6. The van der Waals surface area contributed by atoms with Crippen molar-refractivity contribution in [2.45, 2.75) is 58.2 Å². The van der Waals surface area contributed by atoms with Gasteiger partial charge in [-0.25, -0.2) is 9.48 Å². The Morgan fingerprint density at radius 1 is 1.22 bits per heavy atom. The number of rotatable bonds is 4. The number of carbonyl (C=O) groups excluding carboxylic acids is 2. The second-order valence-corrected chi connectivity index (χ2v) is 9.44. The maximum atomic E-state index is 13.3. The molecule has 4 heterocycles. The Bertz CT molecular complexity index is 1140. The van der Waals surface area contributed by atoms with Gasteiger partial charge < -0.3 is 15.0 Å². The van der Waals surface area contributed by atoms with E-state index in [4.69, 9.17) is 4.74 Å². The van der Waals surface area contributed by atoms with Gasteiger partial charge in [0.1, 0.15) is 6.61 Å². The number of benzene rings is 1. The Morgan fingerprint density at radius 2 is 2.06 bits per heavy atom. The third-order valence-corrected chi connectivity index (χ3v) is 7.72. The minimum atomic E-state index is -0.301. The van der Waals surface area contributed by atoms with E-state index < -0.39 is 0 Å².